The van der Waals surface area contributed by atoms with Gasteiger partial charge in [0, 0.05) is 29.9 Å². The summed E-state index contributed by atoms with van der Waals surface area (Å²) < 4.78 is 0. The first-order valence-corrected chi connectivity index (χ1v) is 5.80. The fourth-order valence-corrected chi connectivity index (χ4v) is 2.03. The van der Waals surface area contributed by atoms with Crippen molar-refractivity contribution in [2.75, 3.05) is 18.1 Å². The van der Waals surface area contributed by atoms with Gasteiger partial charge in [0.25, 0.3) is 0 Å². The van der Waals surface area contributed by atoms with E-state index in [1.807, 2.05) is 24.2 Å². The minimum Gasteiger partial charge on any atom is -0.312 e. The Hall–Kier alpha value is -0.540. The van der Waals surface area contributed by atoms with E-state index in [0.717, 1.165) is 19.0 Å². The number of thioether (sulfide) groups is 1. The molecule has 0 spiro atoms. The molecule has 0 saturated carbocycles. The Balaban J connectivity index is 1.67. The molecule has 1 aromatic heterocycles. The van der Waals surface area contributed by atoms with Crippen LogP contribution < -0.4 is 5.32 Å². The summed E-state index contributed by atoms with van der Waals surface area (Å²) in [6.07, 6.45) is 4.83. The summed E-state index contributed by atoms with van der Waals surface area (Å²) in [5, 5.41) is 3.53. The van der Waals surface area contributed by atoms with Crippen molar-refractivity contribution in [3.63, 3.8) is 0 Å². The standard InChI is InChI=1S/C10H14N2S/c1-4-11-5-2-9(1)3-6-12-10-7-13-8-10/h1-2,4-5,10,12H,3,6-8H2. The van der Waals surface area contributed by atoms with E-state index in [1.54, 1.807) is 0 Å². The molecule has 0 atom stereocenters. The average molecular weight is 194 g/mol. The molecule has 1 saturated heterocycles. The summed E-state index contributed by atoms with van der Waals surface area (Å²) in [4.78, 5) is 3.99. The Kier molecular flexibility index (Phi) is 3.22. The molecule has 3 heteroatoms. The number of rotatable bonds is 4. The molecule has 2 nitrogen and oxygen atoms in total. The molecule has 1 aliphatic rings. The number of nitrogens with zero attached hydrogens (tertiary/aromatic N) is 1. The first-order chi connectivity index (χ1) is 6.45. The molecule has 0 aliphatic carbocycles. The van der Waals surface area contributed by atoms with E-state index >= 15 is 0 Å². The Morgan fingerprint density at radius 2 is 2.15 bits per heavy atom. The maximum atomic E-state index is 3.99. The molecule has 0 radical (unpaired) electrons. The zero-order valence-electron chi connectivity index (χ0n) is 7.57. The van der Waals surface area contributed by atoms with Crippen LogP contribution in [-0.4, -0.2) is 29.1 Å². The van der Waals surface area contributed by atoms with Gasteiger partial charge in [-0.1, -0.05) is 0 Å². The van der Waals surface area contributed by atoms with Gasteiger partial charge < -0.3 is 5.32 Å². The SMILES string of the molecule is c1cc(CCNC2CSC2)ccn1. The molecule has 1 N–H and O–H groups in total. The number of aromatic nitrogens is 1. The second-order valence-electron chi connectivity index (χ2n) is 3.29. The van der Waals surface area contributed by atoms with Crippen molar-refractivity contribution >= 4 is 11.8 Å². The number of hydrogen-bond donors (Lipinski definition) is 1. The van der Waals surface area contributed by atoms with Gasteiger partial charge in [-0.05, 0) is 30.7 Å². The largest absolute Gasteiger partial charge is 0.312 e. The molecule has 0 bridgehead atoms. The molecule has 70 valence electrons. The first-order valence-electron chi connectivity index (χ1n) is 4.65. The van der Waals surface area contributed by atoms with Crippen molar-refractivity contribution in [1.82, 2.24) is 10.3 Å². The van der Waals surface area contributed by atoms with Crippen LogP contribution in [0.4, 0.5) is 0 Å². The van der Waals surface area contributed by atoms with Gasteiger partial charge in [0.1, 0.15) is 0 Å². The summed E-state index contributed by atoms with van der Waals surface area (Å²) in [5.41, 5.74) is 1.37. The number of hydrogen-bond acceptors (Lipinski definition) is 3. The van der Waals surface area contributed by atoms with Gasteiger partial charge in [0.15, 0.2) is 0 Å². The van der Waals surface area contributed by atoms with Crippen LogP contribution in [0.1, 0.15) is 5.56 Å². The summed E-state index contributed by atoms with van der Waals surface area (Å²) in [7, 11) is 0. The second-order valence-corrected chi connectivity index (χ2v) is 4.37. The highest BCUT2D eigenvalue weighted by atomic mass is 32.2. The molecule has 2 heterocycles. The van der Waals surface area contributed by atoms with E-state index in [-0.39, 0.29) is 0 Å². The maximum absolute atomic E-state index is 3.99. The normalized spacial score (nSPS) is 16.9. The lowest BCUT2D eigenvalue weighted by Gasteiger charge is -2.25. The van der Waals surface area contributed by atoms with Crippen molar-refractivity contribution < 1.29 is 0 Å². The van der Waals surface area contributed by atoms with Crippen molar-refractivity contribution in [2.24, 2.45) is 0 Å². The topological polar surface area (TPSA) is 24.9 Å². The highest BCUT2D eigenvalue weighted by Crippen LogP contribution is 2.16. The Morgan fingerprint density at radius 3 is 2.77 bits per heavy atom. The van der Waals surface area contributed by atoms with Gasteiger partial charge in [-0.2, -0.15) is 11.8 Å². The molecule has 1 fully saturated rings. The Morgan fingerprint density at radius 1 is 1.38 bits per heavy atom. The van der Waals surface area contributed by atoms with Crippen LogP contribution >= 0.6 is 11.8 Å². The van der Waals surface area contributed by atoms with Crippen molar-refractivity contribution in [1.29, 1.82) is 0 Å². The highest BCUT2D eigenvalue weighted by Gasteiger charge is 2.16. The zero-order chi connectivity index (χ0) is 8.93. The molecule has 0 amide bonds. The second kappa shape index (κ2) is 4.63. The van der Waals surface area contributed by atoms with Gasteiger partial charge in [0.2, 0.25) is 0 Å². The number of pyridine rings is 1. The van der Waals surface area contributed by atoms with Gasteiger partial charge in [-0.3, -0.25) is 4.98 Å². The molecule has 0 unspecified atom stereocenters. The van der Waals surface area contributed by atoms with Gasteiger partial charge in [0.05, 0.1) is 0 Å². The summed E-state index contributed by atoms with van der Waals surface area (Å²) in [6.45, 7) is 1.09. The van der Waals surface area contributed by atoms with Crippen LogP contribution in [-0.2, 0) is 6.42 Å². The van der Waals surface area contributed by atoms with Gasteiger partial charge >= 0.3 is 0 Å². The number of nitrogens with one attached hydrogen (secondary N) is 1. The predicted molar refractivity (Wildman–Crippen MR) is 57.1 cm³/mol. The van der Waals surface area contributed by atoms with E-state index < -0.39 is 0 Å². The Bertz CT molecular complexity index is 246. The van der Waals surface area contributed by atoms with E-state index in [9.17, 15) is 0 Å². The Labute approximate surface area is 83.1 Å². The van der Waals surface area contributed by atoms with Crippen LogP contribution in [0.2, 0.25) is 0 Å². The quantitative estimate of drug-likeness (QED) is 0.782. The van der Waals surface area contributed by atoms with E-state index in [1.165, 1.54) is 17.1 Å². The molecule has 1 aromatic rings. The van der Waals surface area contributed by atoms with Crippen LogP contribution in [0.3, 0.4) is 0 Å². The van der Waals surface area contributed by atoms with Crippen LogP contribution in [0.15, 0.2) is 24.5 Å². The lowest BCUT2D eigenvalue weighted by Crippen LogP contribution is -2.41. The van der Waals surface area contributed by atoms with E-state index in [2.05, 4.69) is 22.4 Å². The summed E-state index contributed by atoms with van der Waals surface area (Å²) >= 11 is 2.02. The summed E-state index contributed by atoms with van der Waals surface area (Å²) in [5.74, 6) is 2.58. The third-order valence-corrected chi connectivity index (χ3v) is 3.51. The third-order valence-electron chi connectivity index (χ3n) is 2.23. The predicted octanol–water partition coefficient (Wildman–Crippen LogP) is 1.33. The minimum atomic E-state index is 0.770. The molecule has 1 aliphatic heterocycles. The van der Waals surface area contributed by atoms with Gasteiger partial charge in [-0.15, -0.1) is 0 Å². The van der Waals surface area contributed by atoms with E-state index in [4.69, 9.17) is 0 Å². The van der Waals surface area contributed by atoms with Crippen molar-refractivity contribution in [3.05, 3.63) is 30.1 Å². The van der Waals surface area contributed by atoms with E-state index in [0.29, 0.717) is 0 Å². The fraction of sp³-hybridized carbons (Fsp3) is 0.500. The minimum absolute atomic E-state index is 0.770. The van der Waals surface area contributed by atoms with Crippen molar-refractivity contribution in [3.8, 4) is 0 Å². The van der Waals surface area contributed by atoms with Gasteiger partial charge in [-0.25, -0.2) is 0 Å². The first kappa shape index (κ1) is 9.03. The van der Waals surface area contributed by atoms with Crippen LogP contribution in [0, 0.1) is 0 Å². The molecular weight excluding hydrogens is 180 g/mol. The van der Waals surface area contributed by atoms with Crippen molar-refractivity contribution in [2.45, 2.75) is 12.5 Å². The third kappa shape index (κ3) is 2.71. The molecule has 13 heavy (non-hydrogen) atoms. The average Bonchev–Trinajstić information content (AvgIpc) is 2.11. The lowest BCUT2D eigenvalue weighted by molar-refractivity contribution is 0.585. The molecule has 0 aromatic carbocycles. The van der Waals surface area contributed by atoms with Crippen LogP contribution in [0.5, 0.6) is 0 Å². The summed E-state index contributed by atoms with van der Waals surface area (Å²) in [6, 6.07) is 4.93. The zero-order valence-corrected chi connectivity index (χ0v) is 8.39. The highest BCUT2D eigenvalue weighted by molar-refractivity contribution is 8.00. The fourth-order valence-electron chi connectivity index (χ4n) is 1.32. The van der Waals surface area contributed by atoms with Crippen LogP contribution in [0.25, 0.3) is 0 Å². The monoisotopic (exact) mass is 194 g/mol. The maximum Gasteiger partial charge on any atom is 0.0270 e. The molecule has 2 rings (SSSR count). The smallest absolute Gasteiger partial charge is 0.0270 e. The molecular formula is C10H14N2S. The lowest BCUT2D eigenvalue weighted by atomic mass is 10.2.